The van der Waals surface area contributed by atoms with Crippen LogP contribution in [-0.2, 0) is 19.1 Å². The molecule has 1 saturated heterocycles. The molecular weight excluding hydrogens is 502 g/mol. The van der Waals surface area contributed by atoms with Crippen LogP contribution in [0, 0.1) is 5.92 Å². The Morgan fingerprint density at radius 2 is 2.03 bits per heavy atom. The number of aliphatic hydroxyl groups is 2. The van der Waals surface area contributed by atoms with Crippen molar-refractivity contribution in [2.24, 2.45) is 11.7 Å². The Kier molecular flexibility index (Phi) is 9.60. The van der Waals surface area contributed by atoms with Crippen LogP contribution in [0.4, 0.5) is 10.6 Å². The predicted molar refractivity (Wildman–Crippen MR) is 133 cm³/mol. The first kappa shape index (κ1) is 29.2. The van der Waals surface area contributed by atoms with E-state index in [9.17, 15) is 34.5 Å². The van der Waals surface area contributed by atoms with Crippen LogP contribution in [0.25, 0.3) is 0 Å². The van der Waals surface area contributed by atoms with E-state index in [1.165, 1.54) is 19.2 Å². The van der Waals surface area contributed by atoms with E-state index < -0.39 is 66.9 Å². The number of ether oxygens (including phenoxy) is 2. The van der Waals surface area contributed by atoms with Gasteiger partial charge in [0.2, 0.25) is 5.91 Å². The quantitative estimate of drug-likeness (QED) is 0.216. The summed E-state index contributed by atoms with van der Waals surface area (Å²) < 4.78 is 11.4. The molecule has 2 amide bonds. The minimum atomic E-state index is -1.94. The molecule has 2 fully saturated rings. The van der Waals surface area contributed by atoms with Crippen molar-refractivity contribution in [3.63, 3.8) is 0 Å². The molecule has 38 heavy (non-hydrogen) atoms. The average molecular weight is 538 g/mol. The Balaban J connectivity index is 1.56. The Morgan fingerprint density at radius 3 is 2.61 bits per heavy atom. The summed E-state index contributed by atoms with van der Waals surface area (Å²) in [6.07, 6.45) is 2.66. The third-order valence-electron chi connectivity index (χ3n) is 6.86. The first-order chi connectivity index (χ1) is 17.9. The first-order valence-electron chi connectivity index (χ1n) is 12.4. The third kappa shape index (κ3) is 6.95. The van der Waals surface area contributed by atoms with Crippen LogP contribution in [0.5, 0.6) is 0 Å². The third-order valence-corrected chi connectivity index (χ3v) is 6.86. The summed E-state index contributed by atoms with van der Waals surface area (Å²) in [5, 5.41) is 33.5. The van der Waals surface area contributed by atoms with E-state index in [4.69, 9.17) is 15.2 Å². The molecule has 0 aromatic carbocycles. The van der Waals surface area contributed by atoms with E-state index >= 15 is 0 Å². The van der Waals surface area contributed by atoms with Gasteiger partial charge in [0.15, 0.2) is 11.8 Å². The Hall–Kier alpha value is -3.33. The molecule has 2 aliphatic rings. The van der Waals surface area contributed by atoms with Gasteiger partial charge in [-0.2, -0.15) is 4.98 Å². The number of aliphatic hydroxyl groups excluding tert-OH is 2. The zero-order valence-corrected chi connectivity index (χ0v) is 21.2. The number of nitrogens with one attached hydrogen (secondary N) is 2. The summed E-state index contributed by atoms with van der Waals surface area (Å²) in [6.45, 7) is 3.67. The number of carboxylic acids is 1. The summed E-state index contributed by atoms with van der Waals surface area (Å²) in [5.41, 5.74) is 3.37. The lowest BCUT2D eigenvalue weighted by Gasteiger charge is -2.29. The molecule has 0 spiro atoms. The molecule has 3 rings (SSSR count). The Bertz CT molecular complexity index is 1100. The highest BCUT2D eigenvalue weighted by Crippen LogP contribution is 2.32. The van der Waals surface area contributed by atoms with Gasteiger partial charge in [-0.1, -0.05) is 38.7 Å². The number of carbonyl (C=O) groups is 3. The van der Waals surface area contributed by atoms with Crippen LogP contribution in [0.1, 0.15) is 51.7 Å². The SMILES string of the molecule is C=C1[C@H](n2ccc(NC(=O)OC[C@](C)(NC(=O)[C@@H](N)CC3CCCCC3)C(=O)O)nc2=O)O[C@H](CO)[C@H]1O. The number of hydrogen-bond donors (Lipinski definition) is 6. The smallest absolute Gasteiger partial charge is 0.412 e. The summed E-state index contributed by atoms with van der Waals surface area (Å²) in [4.78, 5) is 52.9. The van der Waals surface area contributed by atoms with Crippen LogP contribution in [0.2, 0.25) is 0 Å². The van der Waals surface area contributed by atoms with Gasteiger partial charge in [-0.15, -0.1) is 0 Å². The molecule has 14 nitrogen and oxygen atoms in total. The van der Waals surface area contributed by atoms with Gasteiger partial charge in [0.05, 0.1) is 12.6 Å². The number of carboxylic acid groups (broad SMARTS) is 1. The van der Waals surface area contributed by atoms with Crippen LogP contribution in [0.3, 0.4) is 0 Å². The standard InChI is InChI=1S/C24H35N5O9/c1-13-18(31)16(11-30)38-20(13)29-9-8-17(26-22(29)35)27-23(36)37-12-24(2,21(33)34)28-19(32)15(25)10-14-6-4-3-5-7-14/h8-9,14-16,18,20,30-31H,1,3-7,10-12,25H2,2H3,(H,28,32)(H,33,34)(H,26,27,35,36)/t15-,16+,18-,20+,24-/m0/s1. The second-order valence-electron chi connectivity index (χ2n) is 9.91. The second-order valence-corrected chi connectivity index (χ2v) is 9.91. The lowest BCUT2D eigenvalue weighted by Crippen LogP contribution is -2.59. The van der Waals surface area contributed by atoms with Gasteiger partial charge in [0.25, 0.3) is 0 Å². The molecule has 1 aliphatic carbocycles. The highest BCUT2D eigenvalue weighted by atomic mass is 16.6. The van der Waals surface area contributed by atoms with Crippen molar-refractivity contribution in [3.05, 3.63) is 34.9 Å². The van der Waals surface area contributed by atoms with Crippen molar-refractivity contribution in [2.75, 3.05) is 18.5 Å². The number of aromatic nitrogens is 2. The number of aliphatic carboxylic acids is 1. The van der Waals surface area contributed by atoms with Crippen molar-refractivity contribution in [2.45, 2.75) is 75.5 Å². The van der Waals surface area contributed by atoms with E-state index in [2.05, 4.69) is 22.2 Å². The van der Waals surface area contributed by atoms with Gasteiger partial charge in [-0.3, -0.25) is 14.7 Å². The van der Waals surface area contributed by atoms with Gasteiger partial charge in [0, 0.05) is 11.8 Å². The zero-order chi connectivity index (χ0) is 28.0. The van der Waals surface area contributed by atoms with Crippen molar-refractivity contribution in [1.82, 2.24) is 14.9 Å². The number of amides is 2. The molecule has 7 N–H and O–H groups in total. The molecule has 0 radical (unpaired) electrons. The van der Waals surface area contributed by atoms with Gasteiger partial charge < -0.3 is 35.8 Å². The minimum Gasteiger partial charge on any atom is -0.479 e. The highest BCUT2D eigenvalue weighted by Gasteiger charge is 2.39. The lowest BCUT2D eigenvalue weighted by molar-refractivity contribution is -0.148. The van der Waals surface area contributed by atoms with Crippen molar-refractivity contribution < 1.29 is 39.2 Å². The largest absolute Gasteiger partial charge is 0.479 e. The maximum Gasteiger partial charge on any atom is 0.412 e. The van der Waals surface area contributed by atoms with Gasteiger partial charge in [-0.25, -0.2) is 14.4 Å². The number of rotatable bonds is 10. The number of nitrogens with zero attached hydrogens (tertiary/aromatic N) is 2. The average Bonchev–Trinajstić information content (AvgIpc) is 3.16. The van der Waals surface area contributed by atoms with Crippen LogP contribution in [0.15, 0.2) is 29.2 Å². The molecule has 1 saturated carbocycles. The van der Waals surface area contributed by atoms with E-state index in [-0.39, 0.29) is 11.4 Å². The van der Waals surface area contributed by atoms with Gasteiger partial charge >= 0.3 is 17.8 Å². The zero-order valence-electron chi connectivity index (χ0n) is 21.2. The number of carbonyl (C=O) groups excluding carboxylic acids is 2. The molecule has 14 heteroatoms. The predicted octanol–water partition coefficient (Wildman–Crippen LogP) is -0.144. The van der Waals surface area contributed by atoms with Gasteiger partial charge in [0.1, 0.15) is 24.6 Å². The van der Waals surface area contributed by atoms with Crippen molar-refractivity contribution in [3.8, 4) is 0 Å². The van der Waals surface area contributed by atoms with Crippen molar-refractivity contribution in [1.29, 1.82) is 0 Å². The van der Waals surface area contributed by atoms with E-state index in [0.29, 0.717) is 12.3 Å². The minimum absolute atomic E-state index is 0.154. The molecule has 1 aliphatic heterocycles. The maximum atomic E-state index is 12.6. The van der Waals surface area contributed by atoms with Crippen LogP contribution < -0.4 is 22.1 Å². The fourth-order valence-corrected chi connectivity index (χ4v) is 4.52. The molecule has 1 aromatic rings. The van der Waals surface area contributed by atoms with E-state index in [1.54, 1.807) is 0 Å². The van der Waals surface area contributed by atoms with Crippen LogP contribution >= 0.6 is 0 Å². The Morgan fingerprint density at radius 1 is 1.34 bits per heavy atom. The maximum absolute atomic E-state index is 12.6. The normalized spacial score (nSPS) is 24.3. The number of hydrogen-bond acceptors (Lipinski definition) is 10. The fourth-order valence-electron chi connectivity index (χ4n) is 4.52. The number of nitrogens with two attached hydrogens (primary N) is 1. The molecule has 1 aromatic heterocycles. The molecule has 210 valence electrons. The number of anilines is 1. The molecule has 0 unspecified atom stereocenters. The topological polar surface area (TPSA) is 215 Å². The molecule has 2 heterocycles. The summed E-state index contributed by atoms with van der Waals surface area (Å²) in [6, 6.07) is 0.357. The van der Waals surface area contributed by atoms with Crippen LogP contribution in [-0.4, -0.2) is 79.8 Å². The first-order valence-corrected chi connectivity index (χ1v) is 12.4. The molecule has 0 bridgehead atoms. The van der Waals surface area contributed by atoms with Crippen molar-refractivity contribution >= 4 is 23.8 Å². The Labute approximate surface area is 218 Å². The molecular formula is C24H35N5O9. The monoisotopic (exact) mass is 537 g/mol. The fraction of sp³-hybridized carbons (Fsp3) is 0.625. The van der Waals surface area contributed by atoms with Gasteiger partial charge in [-0.05, 0) is 25.3 Å². The lowest BCUT2D eigenvalue weighted by atomic mass is 9.84. The summed E-state index contributed by atoms with van der Waals surface area (Å²) in [7, 11) is 0. The highest BCUT2D eigenvalue weighted by molar-refractivity contribution is 5.90. The summed E-state index contributed by atoms with van der Waals surface area (Å²) in [5.74, 6) is -1.97. The molecule has 5 atom stereocenters. The van der Waals surface area contributed by atoms with E-state index in [1.807, 2.05) is 0 Å². The summed E-state index contributed by atoms with van der Waals surface area (Å²) >= 11 is 0. The second kappa shape index (κ2) is 12.5. The van der Waals surface area contributed by atoms with E-state index in [0.717, 1.165) is 36.7 Å².